The smallest absolute Gasteiger partial charge is 0.306 e. The van der Waals surface area contributed by atoms with E-state index in [1.807, 2.05) is 0 Å². The zero-order valence-corrected chi connectivity index (χ0v) is 20.8. The van der Waals surface area contributed by atoms with Crippen LogP contribution in [0.4, 0.5) is 0 Å². The molecule has 33 heavy (non-hydrogen) atoms. The second-order valence-corrected chi connectivity index (χ2v) is 9.64. The molecule has 0 aromatic rings. The maximum absolute atomic E-state index is 12.3. The predicted octanol–water partition coefficient (Wildman–Crippen LogP) is 4.65. The van der Waals surface area contributed by atoms with E-state index in [1.54, 1.807) is 0 Å². The minimum absolute atomic E-state index is 0.0239. The average molecular weight is 473 g/mol. The molecule has 0 amide bonds. The van der Waals surface area contributed by atoms with Crippen LogP contribution in [0.5, 0.6) is 0 Å². The van der Waals surface area contributed by atoms with E-state index in [-0.39, 0.29) is 12.6 Å². The van der Waals surface area contributed by atoms with Gasteiger partial charge in [0.15, 0.2) is 12.2 Å². The van der Waals surface area contributed by atoms with E-state index >= 15 is 0 Å². The lowest BCUT2D eigenvalue weighted by molar-refractivity contribution is -0.257. The van der Waals surface area contributed by atoms with Crippen LogP contribution in [0.2, 0.25) is 0 Å². The number of hydrogen-bond acceptors (Lipinski definition) is 7. The van der Waals surface area contributed by atoms with Crippen LogP contribution in [0.25, 0.3) is 0 Å². The maximum atomic E-state index is 12.3. The minimum atomic E-state index is -1.36. The van der Waals surface area contributed by atoms with Crippen LogP contribution in [0.3, 0.4) is 0 Å². The number of carbonyl (C=O) groups is 1. The SMILES string of the molecule is CCCCCCCCCCCCCCCCCC(=O)O[C@@H]1[C@@H](O)CO[C@@H]1C1(CO)OCCO1. The van der Waals surface area contributed by atoms with Gasteiger partial charge in [0.25, 0.3) is 0 Å². The highest BCUT2D eigenvalue weighted by Gasteiger charge is 2.55. The molecule has 0 saturated carbocycles. The Morgan fingerprint density at radius 3 is 1.82 bits per heavy atom. The Kier molecular flexibility index (Phi) is 14.5. The van der Waals surface area contributed by atoms with Gasteiger partial charge in [-0.15, -0.1) is 0 Å². The third-order valence-electron chi connectivity index (χ3n) is 6.81. The predicted molar refractivity (Wildman–Crippen MR) is 127 cm³/mol. The van der Waals surface area contributed by atoms with Crippen LogP contribution in [0.1, 0.15) is 110 Å². The Morgan fingerprint density at radius 2 is 1.33 bits per heavy atom. The first kappa shape index (κ1) is 28.5. The molecule has 0 radical (unpaired) electrons. The number of esters is 1. The van der Waals surface area contributed by atoms with Gasteiger partial charge in [0.1, 0.15) is 12.7 Å². The topological polar surface area (TPSA) is 94.5 Å². The minimum Gasteiger partial charge on any atom is -0.456 e. The zero-order valence-electron chi connectivity index (χ0n) is 20.8. The summed E-state index contributed by atoms with van der Waals surface area (Å²) in [5.74, 6) is -1.72. The van der Waals surface area contributed by atoms with Gasteiger partial charge >= 0.3 is 5.97 Å². The number of unbranched alkanes of at least 4 members (excludes halogenated alkanes) is 14. The molecule has 194 valence electrons. The summed E-state index contributed by atoms with van der Waals surface area (Å²) in [6.45, 7) is 2.53. The van der Waals surface area contributed by atoms with Crippen molar-refractivity contribution in [2.75, 3.05) is 26.4 Å². The summed E-state index contributed by atoms with van der Waals surface area (Å²) in [7, 11) is 0. The van der Waals surface area contributed by atoms with E-state index in [0.717, 1.165) is 19.3 Å². The largest absolute Gasteiger partial charge is 0.456 e. The number of hydrogen-bond donors (Lipinski definition) is 2. The number of aliphatic hydroxyl groups excluding tert-OH is 2. The molecule has 0 spiro atoms. The summed E-state index contributed by atoms with van der Waals surface area (Å²) in [5, 5.41) is 19.9. The van der Waals surface area contributed by atoms with Gasteiger partial charge in [-0.25, -0.2) is 0 Å². The van der Waals surface area contributed by atoms with Crippen LogP contribution in [-0.4, -0.2) is 66.7 Å². The van der Waals surface area contributed by atoms with E-state index in [0.29, 0.717) is 19.6 Å². The van der Waals surface area contributed by atoms with Crippen molar-refractivity contribution < 1.29 is 34.0 Å². The van der Waals surface area contributed by atoms with Crippen molar-refractivity contribution in [1.29, 1.82) is 0 Å². The molecule has 7 heteroatoms. The lowest BCUT2D eigenvalue weighted by atomic mass is 10.0. The van der Waals surface area contributed by atoms with Gasteiger partial charge in [0, 0.05) is 6.42 Å². The van der Waals surface area contributed by atoms with Crippen LogP contribution < -0.4 is 0 Å². The summed E-state index contributed by atoms with van der Waals surface area (Å²) >= 11 is 0. The van der Waals surface area contributed by atoms with Gasteiger partial charge in [0.2, 0.25) is 5.79 Å². The summed E-state index contributed by atoms with van der Waals surface area (Å²) in [6.07, 6.45) is 16.8. The van der Waals surface area contributed by atoms with Crippen molar-refractivity contribution in [1.82, 2.24) is 0 Å². The van der Waals surface area contributed by atoms with E-state index < -0.39 is 30.7 Å². The molecule has 0 aliphatic carbocycles. The van der Waals surface area contributed by atoms with Crippen LogP contribution in [-0.2, 0) is 23.7 Å². The highest BCUT2D eigenvalue weighted by molar-refractivity contribution is 5.69. The second kappa shape index (κ2) is 16.8. The Morgan fingerprint density at radius 1 is 0.848 bits per heavy atom. The molecule has 2 aliphatic heterocycles. The molecule has 2 saturated heterocycles. The molecule has 2 rings (SSSR count). The van der Waals surface area contributed by atoms with Crippen molar-refractivity contribution in [2.24, 2.45) is 0 Å². The van der Waals surface area contributed by atoms with Crippen molar-refractivity contribution in [3.8, 4) is 0 Å². The molecule has 2 N–H and O–H groups in total. The monoisotopic (exact) mass is 472 g/mol. The highest BCUT2D eigenvalue weighted by atomic mass is 16.8. The standard InChI is InChI=1S/C26H48O7/c1-2-3-4-5-6-7-8-9-10-11-12-13-14-15-16-17-23(29)33-24-22(28)20-30-25(24)26(21-27)31-18-19-32-26/h22,24-25,27-28H,2-21H2,1H3/t22-,24+,25-/m0/s1. The lowest BCUT2D eigenvalue weighted by Crippen LogP contribution is -2.54. The molecule has 0 aromatic carbocycles. The molecular formula is C26H48O7. The molecular weight excluding hydrogens is 424 g/mol. The fraction of sp³-hybridized carbons (Fsp3) is 0.962. The molecule has 7 nitrogen and oxygen atoms in total. The van der Waals surface area contributed by atoms with Crippen molar-refractivity contribution in [3.63, 3.8) is 0 Å². The maximum Gasteiger partial charge on any atom is 0.306 e. The van der Waals surface area contributed by atoms with E-state index in [2.05, 4.69) is 6.92 Å². The summed E-state index contributed by atoms with van der Waals surface area (Å²) in [4.78, 5) is 12.3. The first-order valence-electron chi connectivity index (χ1n) is 13.5. The Hall–Kier alpha value is -0.730. The number of ether oxygens (including phenoxy) is 4. The first-order valence-corrected chi connectivity index (χ1v) is 13.5. The molecule has 0 aromatic heterocycles. The van der Waals surface area contributed by atoms with Crippen molar-refractivity contribution in [3.05, 3.63) is 0 Å². The third-order valence-corrected chi connectivity index (χ3v) is 6.81. The molecule has 3 atom stereocenters. The second-order valence-electron chi connectivity index (χ2n) is 9.64. The van der Waals surface area contributed by atoms with Gasteiger partial charge in [-0.3, -0.25) is 4.79 Å². The molecule has 0 unspecified atom stereocenters. The van der Waals surface area contributed by atoms with E-state index in [9.17, 15) is 15.0 Å². The molecule has 2 fully saturated rings. The quantitative estimate of drug-likeness (QED) is 0.209. The first-order chi connectivity index (χ1) is 16.1. The molecule has 2 heterocycles. The van der Waals surface area contributed by atoms with Gasteiger partial charge in [-0.1, -0.05) is 96.8 Å². The van der Waals surface area contributed by atoms with Gasteiger partial charge in [0.05, 0.1) is 19.8 Å². The fourth-order valence-electron chi connectivity index (χ4n) is 4.78. The van der Waals surface area contributed by atoms with Crippen LogP contribution in [0, 0.1) is 0 Å². The average Bonchev–Trinajstić information content (AvgIpc) is 3.44. The van der Waals surface area contributed by atoms with Crippen molar-refractivity contribution >= 4 is 5.97 Å². The molecule has 0 bridgehead atoms. The summed E-state index contributed by atoms with van der Waals surface area (Å²) < 4.78 is 22.1. The zero-order chi connectivity index (χ0) is 23.8. The van der Waals surface area contributed by atoms with Gasteiger partial charge < -0.3 is 29.2 Å². The summed E-state index contributed by atoms with van der Waals surface area (Å²) in [5.41, 5.74) is 0. The van der Waals surface area contributed by atoms with E-state index in [4.69, 9.17) is 18.9 Å². The Balaban J connectivity index is 1.45. The van der Waals surface area contributed by atoms with E-state index in [1.165, 1.54) is 77.0 Å². The Bertz CT molecular complexity index is 507. The van der Waals surface area contributed by atoms with Crippen LogP contribution in [0.15, 0.2) is 0 Å². The fourth-order valence-corrected chi connectivity index (χ4v) is 4.78. The van der Waals surface area contributed by atoms with Crippen molar-refractivity contribution in [2.45, 2.75) is 134 Å². The number of rotatable bonds is 19. The molecule has 2 aliphatic rings. The van der Waals surface area contributed by atoms with Gasteiger partial charge in [-0.05, 0) is 6.42 Å². The normalized spacial score (nSPS) is 24.4. The Labute approximate surface area is 200 Å². The van der Waals surface area contributed by atoms with Crippen LogP contribution >= 0.6 is 0 Å². The highest BCUT2D eigenvalue weighted by Crippen LogP contribution is 2.34. The van der Waals surface area contributed by atoms with Gasteiger partial charge in [-0.2, -0.15) is 0 Å². The lowest BCUT2D eigenvalue weighted by Gasteiger charge is -2.33. The summed E-state index contributed by atoms with van der Waals surface area (Å²) in [6, 6.07) is 0. The number of aliphatic hydroxyl groups is 2. The number of carbonyl (C=O) groups excluding carboxylic acids is 1. The third kappa shape index (κ3) is 10.2.